The second-order valence-electron chi connectivity index (χ2n) is 27.0. The van der Waals surface area contributed by atoms with Gasteiger partial charge in [0.15, 0.2) is 26.1 Å². The summed E-state index contributed by atoms with van der Waals surface area (Å²) in [4.78, 5) is 7.18. The van der Waals surface area contributed by atoms with Gasteiger partial charge in [-0.1, -0.05) is 184 Å². The number of thiocarbonyl (C=S) groups is 5. The van der Waals surface area contributed by atoms with Crippen LogP contribution in [0.2, 0.25) is 0 Å². The molecule has 3 atom stereocenters. The molecule has 6 aliphatic rings. The molecule has 586 valence electrons. The van der Waals surface area contributed by atoms with Crippen LogP contribution in [0.15, 0.2) is 222 Å². The molecule has 0 spiro atoms. The maximum Gasteiger partial charge on any atom is 0.418 e. The van der Waals surface area contributed by atoms with E-state index in [0.29, 0.717) is 45.4 Å². The SMILES string of the molecule is C=C(C)CNC(=S)NN=C1c2ccccc2-c2ccccc21.CC1CCCC/C1=N\NC(N)=S.NC(=S)N/N=C1\CCCCC1c1ccccc1.NC(N)=N/N=C1\CCCCC1C1=CCCCC1.Oc1[nH]c2ccccc2c1N=NC(=S)Nc1ccccc1C(F)(F)F.S=C(NNC1=NCCCCC1)Nc1ccccc1. The molecule has 0 saturated heterocycles. The highest BCUT2D eigenvalue weighted by molar-refractivity contribution is 7.81. The minimum Gasteiger partial charge on any atom is -0.493 e. The molecule has 6 aromatic carbocycles. The molecule has 22 nitrogen and oxygen atoms in total. The summed E-state index contributed by atoms with van der Waals surface area (Å²) >= 11 is 24.8. The number of allylic oxidation sites excluding steroid dienone is 2. The van der Waals surface area contributed by atoms with Gasteiger partial charge in [0.2, 0.25) is 17.0 Å². The van der Waals surface area contributed by atoms with Crippen molar-refractivity contribution in [3.05, 3.63) is 204 Å². The molecule has 0 bridgehead atoms. The first-order valence-electron chi connectivity index (χ1n) is 37.3. The number of alkyl halides is 3. The van der Waals surface area contributed by atoms with E-state index in [4.69, 9.17) is 71.8 Å². The number of azo groups is 1. The average molecular weight is 1600 g/mol. The Balaban J connectivity index is 0.000000169. The van der Waals surface area contributed by atoms with Crippen LogP contribution in [0.1, 0.15) is 170 Å². The number of anilines is 2. The highest BCUT2D eigenvalue weighted by Gasteiger charge is 2.34. The Kier molecular flexibility index (Phi) is 35.5. The fourth-order valence-electron chi connectivity index (χ4n) is 13.1. The lowest BCUT2D eigenvalue weighted by Crippen LogP contribution is -2.43. The third-order valence-corrected chi connectivity index (χ3v) is 19.3. The molecule has 5 aliphatic carbocycles. The fourth-order valence-corrected chi connectivity index (χ4v) is 13.7. The van der Waals surface area contributed by atoms with Crippen molar-refractivity contribution in [1.82, 2.24) is 37.4 Å². The van der Waals surface area contributed by atoms with Crippen molar-refractivity contribution in [2.75, 3.05) is 23.7 Å². The number of benzene rings is 6. The summed E-state index contributed by atoms with van der Waals surface area (Å²) in [6, 6.07) is 48.8. The number of aromatic nitrogens is 1. The molecule has 7 aromatic rings. The van der Waals surface area contributed by atoms with Gasteiger partial charge in [0.25, 0.3) is 0 Å². The van der Waals surface area contributed by atoms with Gasteiger partial charge < -0.3 is 49.0 Å². The molecule has 2 heterocycles. The summed E-state index contributed by atoms with van der Waals surface area (Å²) < 4.78 is 38.9. The average Bonchev–Trinajstić information content (AvgIpc) is 1.62. The van der Waals surface area contributed by atoms with Crippen LogP contribution in [-0.2, 0) is 6.18 Å². The van der Waals surface area contributed by atoms with Crippen LogP contribution in [-0.4, -0.2) is 83.4 Å². The van der Waals surface area contributed by atoms with Crippen LogP contribution in [0.5, 0.6) is 5.88 Å². The predicted octanol–water partition coefficient (Wildman–Crippen LogP) is 17.5. The zero-order chi connectivity index (χ0) is 79.3. The number of nitrogens with zero attached hydrogens (tertiary/aromatic N) is 8. The second kappa shape index (κ2) is 45.7. The molecular weight excluding hydrogens is 1500 g/mol. The van der Waals surface area contributed by atoms with E-state index in [0.717, 1.165) is 84.4 Å². The molecular formula is C81H100F3N21OS5. The highest BCUT2D eigenvalue weighted by Crippen LogP contribution is 2.39. The Bertz CT molecular complexity index is 4490. The van der Waals surface area contributed by atoms with Crippen molar-refractivity contribution in [3.63, 3.8) is 0 Å². The van der Waals surface area contributed by atoms with Crippen molar-refractivity contribution >= 4 is 149 Å². The summed E-state index contributed by atoms with van der Waals surface area (Å²) in [5.74, 6) is 2.34. The van der Waals surface area contributed by atoms with E-state index in [9.17, 15) is 18.3 Å². The van der Waals surface area contributed by atoms with Gasteiger partial charge in [-0.3, -0.25) is 32.1 Å². The number of hydrogen-bond donors (Lipinski definition) is 14. The van der Waals surface area contributed by atoms with Crippen molar-refractivity contribution < 1.29 is 18.3 Å². The molecule has 3 saturated carbocycles. The van der Waals surface area contributed by atoms with Gasteiger partial charge in [-0.15, -0.1) is 15.3 Å². The van der Waals surface area contributed by atoms with E-state index in [1.807, 2.05) is 67.6 Å². The second-order valence-corrected chi connectivity index (χ2v) is 29.1. The van der Waals surface area contributed by atoms with E-state index in [1.54, 1.807) is 29.8 Å². The van der Waals surface area contributed by atoms with Gasteiger partial charge in [-0.25, -0.2) is 0 Å². The lowest BCUT2D eigenvalue weighted by Gasteiger charge is -2.27. The van der Waals surface area contributed by atoms with Crippen LogP contribution in [0, 0.1) is 11.8 Å². The van der Waals surface area contributed by atoms with Gasteiger partial charge in [-0.05, 0) is 217 Å². The van der Waals surface area contributed by atoms with Crippen molar-refractivity contribution in [3.8, 4) is 17.0 Å². The maximum atomic E-state index is 13.0. The van der Waals surface area contributed by atoms with Crippen LogP contribution >= 0.6 is 61.1 Å². The number of rotatable bonds is 11. The van der Waals surface area contributed by atoms with E-state index >= 15 is 0 Å². The first-order valence-corrected chi connectivity index (χ1v) is 39.3. The van der Waals surface area contributed by atoms with E-state index < -0.39 is 11.7 Å². The zero-order valence-corrected chi connectivity index (χ0v) is 66.7. The molecule has 0 amide bonds. The third kappa shape index (κ3) is 29.1. The van der Waals surface area contributed by atoms with Crippen LogP contribution in [0.3, 0.4) is 0 Å². The van der Waals surface area contributed by atoms with Gasteiger partial charge in [0, 0.05) is 70.7 Å². The quantitative estimate of drug-likeness (QED) is 0.0143. The minimum absolute atomic E-state index is 0.0550. The number of hydrogen-bond acceptors (Lipinski definition) is 14. The third-order valence-electron chi connectivity index (χ3n) is 18.5. The van der Waals surface area contributed by atoms with Crippen molar-refractivity contribution in [2.24, 2.45) is 75.5 Å². The normalized spacial score (nSPS) is 18.0. The number of amidine groups is 1. The molecule has 13 rings (SSSR count). The van der Waals surface area contributed by atoms with Gasteiger partial charge in [0.1, 0.15) is 5.84 Å². The first kappa shape index (κ1) is 86.2. The molecule has 1 aliphatic heterocycles. The summed E-state index contributed by atoms with van der Waals surface area (Å²) in [7, 11) is 0. The Morgan fingerprint density at radius 3 is 1.81 bits per heavy atom. The largest absolute Gasteiger partial charge is 0.493 e. The Labute approximate surface area is 674 Å². The number of aromatic amines is 1. The number of H-pyrrole nitrogens is 1. The molecule has 0 radical (unpaired) electrons. The lowest BCUT2D eigenvalue weighted by molar-refractivity contribution is -0.136. The number of hydrazine groups is 1. The number of aromatic hydroxyl groups is 1. The topological polar surface area (TPSA) is 335 Å². The minimum atomic E-state index is -4.52. The number of para-hydroxylation sites is 3. The molecule has 1 aromatic heterocycles. The molecule has 3 unspecified atom stereocenters. The van der Waals surface area contributed by atoms with Gasteiger partial charge >= 0.3 is 6.18 Å². The van der Waals surface area contributed by atoms with Gasteiger partial charge in [0.05, 0.1) is 22.5 Å². The Hall–Kier alpha value is -10.4. The maximum absolute atomic E-state index is 13.0. The lowest BCUT2D eigenvalue weighted by atomic mass is 9.78. The predicted molar refractivity (Wildman–Crippen MR) is 470 cm³/mol. The summed E-state index contributed by atoms with van der Waals surface area (Å²) in [5, 5.41) is 49.0. The van der Waals surface area contributed by atoms with Crippen molar-refractivity contribution in [1.29, 1.82) is 0 Å². The standard InChI is InChI=1S/C18H17N3S.C16H11F3N4OS.C13H18N4S.C13H22N4.C13H17N3S.C8H15N3S/c1-12(2)11-19-18(22)21-20-17-15-9-5-3-7-13(15)14-8-4-6-10-16(14)17;17-16(18,19)10-6-2-4-8-12(10)21-15(25)23-22-13-9-5-1-3-7-11(9)20-14(13)24;18-13(15-11-7-3-1-4-8-11)17-16-12-9-5-2-6-10-14-12;14-13(15)17-16-12-9-5-4-8-11(12)10-6-2-1-3-7-10;14-13(17)16-15-12-9-5-4-8-11(12)10-6-2-1-3-7-10;1-6-4-2-3-5-7(6)10-11-8(9)12/h3-10H,1,11H2,2H3,(H2,19,21,22);1-8,20,24H,(H,21,25);1,3-4,7-8H,2,5-6,9-10H2,(H,14,16)(H2,15,17,18);6,11H,1-5,7-9H2,(H4,14,15,17);1-3,6-7,11H,4-5,8-9H2,(H3,14,16,17);6H,2-5H2,1H3,(H3,9,11,12)/b;;;16-12+;15-12+;10-7+. The van der Waals surface area contributed by atoms with Crippen LogP contribution in [0.25, 0.3) is 22.0 Å². The summed E-state index contributed by atoms with van der Waals surface area (Å²) in [6.45, 7) is 9.53. The van der Waals surface area contributed by atoms with E-state index in [-0.39, 0.29) is 38.6 Å². The zero-order valence-electron chi connectivity index (χ0n) is 62.6. The summed E-state index contributed by atoms with van der Waals surface area (Å²) in [6.07, 6.45) is 21.8. The first-order chi connectivity index (χ1) is 53.6. The number of aliphatic imine (C=N–C) groups is 1. The number of hydrazone groups is 3. The smallest absolute Gasteiger partial charge is 0.418 e. The number of nitrogens with two attached hydrogens (primary N) is 4. The highest BCUT2D eigenvalue weighted by atomic mass is 32.1. The molecule has 30 heteroatoms. The molecule has 111 heavy (non-hydrogen) atoms. The summed E-state index contributed by atoms with van der Waals surface area (Å²) in [5.41, 5.74) is 49.4. The molecule has 3 fully saturated rings. The number of fused-ring (bicyclic) bond motifs is 4. The van der Waals surface area contributed by atoms with Crippen molar-refractivity contribution in [2.45, 2.75) is 154 Å². The van der Waals surface area contributed by atoms with Crippen LogP contribution < -0.4 is 66.0 Å². The Morgan fingerprint density at radius 2 is 1.17 bits per heavy atom. The number of nitrogens with one attached hydrogen (secondary N) is 9. The monoisotopic (exact) mass is 1600 g/mol. The fraction of sp³-hybridized carbons (Fsp3) is 0.346. The Morgan fingerprint density at radius 1 is 0.595 bits per heavy atom. The number of halogens is 3. The van der Waals surface area contributed by atoms with E-state index in [1.165, 1.54) is 143 Å². The van der Waals surface area contributed by atoms with Crippen LogP contribution in [0.4, 0.5) is 30.2 Å². The molecule has 18 N–H and O–H groups in total. The van der Waals surface area contributed by atoms with Gasteiger partial charge in [-0.2, -0.15) is 33.6 Å². The van der Waals surface area contributed by atoms with E-state index in [2.05, 4.69) is 169 Å². The number of guanidine groups is 1.